The van der Waals surface area contributed by atoms with Gasteiger partial charge in [0.2, 0.25) is 15.9 Å². The van der Waals surface area contributed by atoms with Gasteiger partial charge in [-0.15, -0.1) is 12.4 Å². The maximum Gasteiger partial charge on any atom is 0.241 e. The molecule has 1 aliphatic rings. The second-order valence-corrected chi connectivity index (χ2v) is 8.19. The zero-order valence-electron chi connectivity index (χ0n) is 15.0. The van der Waals surface area contributed by atoms with Crippen LogP contribution in [0.2, 0.25) is 0 Å². The summed E-state index contributed by atoms with van der Waals surface area (Å²) in [6.07, 6.45) is 2.15. The molecule has 142 valence electrons. The summed E-state index contributed by atoms with van der Waals surface area (Å²) in [4.78, 5) is 12.2. The molecule has 25 heavy (non-hydrogen) atoms. The van der Waals surface area contributed by atoms with Gasteiger partial charge in [0.15, 0.2) is 0 Å². The molecule has 0 radical (unpaired) electrons. The molecule has 1 heterocycles. The molecule has 1 fully saturated rings. The monoisotopic (exact) mass is 389 g/mol. The summed E-state index contributed by atoms with van der Waals surface area (Å²) >= 11 is 0. The largest absolute Gasteiger partial charge is 0.352 e. The Morgan fingerprint density at radius 1 is 1.24 bits per heavy atom. The Bertz CT molecular complexity index is 678. The van der Waals surface area contributed by atoms with Gasteiger partial charge in [0.05, 0.1) is 4.90 Å². The van der Waals surface area contributed by atoms with E-state index in [4.69, 9.17) is 0 Å². The maximum absolute atomic E-state index is 12.5. The molecular formula is C17H28ClN3O3S. The molecule has 1 amide bonds. The van der Waals surface area contributed by atoms with Crippen molar-refractivity contribution < 1.29 is 13.2 Å². The van der Waals surface area contributed by atoms with Crippen molar-refractivity contribution in [1.29, 1.82) is 0 Å². The van der Waals surface area contributed by atoms with E-state index >= 15 is 0 Å². The first-order chi connectivity index (χ1) is 11.3. The van der Waals surface area contributed by atoms with Crippen LogP contribution >= 0.6 is 12.4 Å². The summed E-state index contributed by atoms with van der Waals surface area (Å²) < 4.78 is 27.5. The van der Waals surface area contributed by atoms with Crippen LogP contribution in [-0.2, 0) is 14.8 Å². The minimum Gasteiger partial charge on any atom is -0.352 e. The SMILES string of the molecule is Cc1cc(C)c(S(=O)(=O)NCCC(=O)N[C@H]2CCCNC2)c(C)c1.Cl. The van der Waals surface area contributed by atoms with E-state index in [0.717, 1.165) is 42.6 Å². The molecule has 1 aromatic carbocycles. The smallest absolute Gasteiger partial charge is 0.241 e. The van der Waals surface area contributed by atoms with Gasteiger partial charge in [0, 0.05) is 25.6 Å². The number of sulfonamides is 1. The lowest BCUT2D eigenvalue weighted by molar-refractivity contribution is -0.121. The fraction of sp³-hybridized carbons (Fsp3) is 0.588. The molecule has 0 saturated carbocycles. The highest BCUT2D eigenvalue weighted by Crippen LogP contribution is 2.21. The highest BCUT2D eigenvalue weighted by atomic mass is 35.5. The lowest BCUT2D eigenvalue weighted by Crippen LogP contribution is -2.46. The van der Waals surface area contributed by atoms with E-state index in [1.165, 1.54) is 0 Å². The lowest BCUT2D eigenvalue weighted by atomic mass is 10.1. The Morgan fingerprint density at radius 3 is 2.44 bits per heavy atom. The number of halogens is 1. The summed E-state index contributed by atoms with van der Waals surface area (Å²) in [5, 5.41) is 6.17. The van der Waals surface area contributed by atoms with Gasteiger partial charge in [-0.25, -0.2) is 13.1 Å². The molecule has 1 aliphatic heterocycles. The molecule has 0 spiro atoms. The van der Waals surface area contributed by atoms with Gasteiger partial charge in [-0.1, -0.05) is 17.7 Å². The number of piperidine rings is 1. The average molecular weight is 390 g/mol. The fourth-order valence-corrected chi connectivity index (χ4v) is 4.72. The number of carbonyl (C=O) groups is 1. The molecule has 1 aromatic rings. The van der Waals surface area contributed by atoms with Crippen molar-refractivity contribution in [3.05, 3.63) is 28.8 Å². The molecule has 0 unspecified atom stereocenters. The van der Waals surface area contributed by atoms with E-state index in [2.05, 4.69) is 15.4 Å². The molecular weight excluding hydrogens is 362 g/mol. The fourth-order valence-electron chi connectivity index (χ4n) is 3.24. The van der Waals surface area contributed by atoms with Gasteiger partial charge in [-0.2, -0.15) is 0 Å². The number of carbonyl (C=O) groups excluding carboxylic acids is 1. The molecule has 0 aromatic heterocycles. The van der Waals surface area contributed by atoms with Crippen LogP contribution in [0.4, 0.5) is 0 Å². The Balaban J connectivity index is 0.00000312. The zero-order chi connectivity index (χ0) is 17.7. The zero-order valence-corrected chi connectivity index (χ0v) is 16.6. The number of rotatable bonds is 6. The molecule has 0 aliphatic carbocycles. The van der Waals surface area contributed by atoms with E-state index in [9.17, 15) is 13.2 Å². The maximum atomic E-state index is 12.5. The number of amides is 1. The first kappa shape index (κ1) is 21.9. The van der Waals surface area contributed by atoms with Crippen LogP contribution in [0.5, 0.6) is 0 Å². The first-order valence-electron chi connectivity index (χ1n) is 8.37. The van der Waals surface area contributed by atoms with Crippen LogP contribution in [0.25, 0.3) is 0 Å². The van der Waals surface area contributed by atoms with E-state index < -0.39 is 10.0 Å². The average Bonchev–Trinajstić information content (AvgIpc) is 2.46. The van der Waals surface area contributed by atoms with Crippen molar-refractivity contribution in [2.75, 3.05) is 19.6 Å². The quantitative estimate of drug-likeness (QED) is 0.689. The van der Waals surface area contributed by atoms with Gasteiger partial charge < -0.3 is 10.6 Å². The second kappa shape index (κ2) is 9.52. The van der Waals surface area contributed by atoms with Crippen molar-refractivity contribution in [1.82, 2.24) is 15.4 Å². The molecule has 2 rings (SSSR count). The summed E-state index contributed by atoms with van der Waals surface area (Å²) in [5.41, 5.74) is 2.47. The minimum absolute atomic E-state index is 0. The summed E-state index contributed by atoms with van der Waals surface area (Å²) in [6, 6.07) is 3.85. The molecule has 8 heteroatoms. The molecule has 6 nitrogen and oxygen atoms in total. The van der Waals surface area contributed by atoms with Gasteiger partial charge in [0.25, 0.3) is 0 Å². The Labute approximate surface area is 156 Å². The van der Waals surface area contributed by atoms with E-state index in [1.54, 1.807) is 13.8 Å². The Morgan fingerprint density at radius 2 is 1.88 bits per heavy atom. The van der Waals surface area contributed by atoms with Crippen molar-refractivity contribution in [2.24, 2.45) is 0 Å². The normalized spacial score (nSPS) is 17.6. The molecule has 1 atom stereocenters. The molecule has 3 N–H and O–H groups in total. The highest BCUT2D eigenvalue weighted by molar-refractivity contribution is 7.89. The van der Waals surface area contributed by atoms with Gasteiger partial charge in [0.1, 0.15) is 0 Å². The third-order valence-corrected chi connectivity index (χ3v) is 5.95. The lowest BCUT2D eigenvalue weighted by Gasteiger charge is -2.23. The predicted molar refractivity (Wildman–Crippen MR) is 102 cm³/mol. The van der Waals surface area contributed by atoms with Crippen LogP contribution < -0.4 is 15.4 Å². The van der Waals surface area contributed by atoms with E-state index in [0.29, 0.717) is 4.90 Å². The van der Waals surface area contributed by atoms with Crippen LogP contribution in [0.15, 0.2) is 17.0 Å². The summed E-state index contributed by atoms with van der Waals surface area (Å²) in [7, 11) is -3.61. The number of hydrogen-bond acceptors (Lipinski definition) is 4. The van der Waals surface area contributed by atoms with Crippen molar-refractivity contribution in [3.63, 3.8) is 0 Å². The second-order valence-electron chi connectivity index (χ2n) is 6.49. The number of hydrogen-bond donors (Lipinski definition) is 3. The first-order valence-corrected chi connectivity index (χ1v) is 9.85. The van der Waals surface area contributed by atoms with Crippen molar-refractivity contribution in [2.45, 2.75) is 51.0 Å². The molecule has 1 saturated heterocycles. The van der Waals surface area contributed by atoms with Gasteiger partial charge in [-0.3, -0.25) is 4.79 Å². The van der Waals surface area contributed by atoms with Crippen LogP contribution in [-0.4, -0.2) is 40.0 Å². The topological polar surface area (TPSA) is 87.3 Å². The number of nitrogens with one attached hydrogen (secondary N) is 3. The predicted octanol–water partition coefficient (Wildman–Crippen LogP) is 1.57. The van der Waals surface area contributed by atoms with Gasteiger partial charge >= 0.3 is 0 Å². The number of aryl methyl sites for hydroxylation is 3. The highest BCUT2D eigenvalue weighted by Gasteiger charge is 2.20. The minimum atomic E-state index is -3.61. The van der Waals surface area contributed by atoms with Crippen molar-refractivity contribution in [3.8, 4) is 0 Å². The number of benzene rings is 1. The molecule has 0 bridgehead atoms. The van der Waals surface area contributed by atoms with Crippen LogP contribution in [0.3, 0.4) is 0 Å². The summed E-state index contributed by atoms with van der Waals surface area (Å²) in [5.74, 6) is -0.122. The summed E-state index contributed by atoms with van der Waals surface area (Å²) in [6.45, 7) is 7.38. The third kappa shape index (κ3) is 6.26. The van der Waals surface area contributed by atoms with E-state index in [1.807, 2.05) is 19.1 Å². The van der Waals surface area contributed by atoms with Gasteiger partial charge in [-0.05, 0) is 51.3 Å². The van der Waals surface area contributed by atoms with Crippen LogP contribution in [0, 0.1) is 20.8 Å². The van der Waals surface area contributed by atoms with Crippen molar-refractivity contribution >= 4 is 28.3 Å². The van der Waals surface area contributed by atoms with Crippen LogP contribution in [0.1, 0.15) is 36.0 Å². The third-order valence-electron chi connectivity index (χ3n) is 4.18. The Kier molecular flexibility index (Phi) is 8.34. The Hall–Kier alpha value is -1.15. The van der Waals surface area contributed by atoms with E-state index in [-0.39, 0.29) is 37.3 Å². The standard InChI is InChI=1S/C17H27N3O3S.ClH/c1-12-9-13(2)17(14(3)10-12)24(22,23)19-8-6-16(21)20-15-5-4-7-18-11-15;/h9-10,15,18-19H,4-8,11H2,1-3H3,(H,20,21);1H/t15-;/m0./s1.